The van der Waals surface area contributed by atoms with E-state index in [1.165, 1.54) is 5.56 Å². The fourth-order valence-corrected chi connectivity index (χ4v) is 5.59. The first-order valence-electron chi connectivity index (χ1n) is 12.1. The van der Waals surface area contributed by atoms with E-state index >= 15 is 0 Å². The number of carbonyl (C=O) groups excluding carboxylic acids is 2. The number of anilines is 1. The maximum Gasteiger partial charge on any atom is 0.257 e. The second kappa shape index (κ2) is 8.61. The lowest BCUT2D eigenvalue weighted by atomic mass is 9.96. The molecule has 35 heavy (non-hydrogen) atoms. The van der Waals surface area contributed by atoms with E-state index in [9.17, 15) is 9.59 Å². The molecule has 8 nitrogen and oxygen atoms in total. The van der Waals surface area contributed by atoms with Crippen molar-refractivity contribution in [2.24, 2.45) is 0 Å². The highest BCUT2D eigenvalue weighted by molar-refractivity contribution is 6.02. The molecular weight excluding hydrogens is 440 g/mol. The van der Waals surface area contributed by atoms with Crippen molar-refractivity contribution < 1.29 is 9.59 Å². The van der Waals surface area contributed by atoms with Crippen molar-refractivity contribution in [1.29, 1.82) is 0 Å². The van der Waals surface area contributed by atoms with Crippen molar-refractivity contribution in [3.8, 4) is 0 Å². The van der Waals surface area contributed by atoms with E-state index in [0.717, 1.165) is 47.2 Å². The van der Waals surface area contributed by atoms with Gasteiger partial charge >= 0.3 is 0 Å². The summed E-state index contributed by atoms with van der Waals surface area (Å²) in [6.07, 6.45) is 6.82. The summed E-state index contributed by atoms with van der Waals surface area (Å²) in [5.41, 5.74) is 4.96. The van der Waals surface area contributed by atoms with Gasteiger partial charge in [-0.25, -0.2) is 4.98 Å². The Morgan fingerprint density at radius 1 is 1.14 bits per heavy atom. The van der Waals surface area contributed by atoms with E-state index in [0.29, 0.717) is 13.1 Å². The van der Waals surface area contributed by atoms with Gasteiger partial charge in [0.1, 0.15) is 12.7 Å². The number of hydrogen-bond acceptors (Lipinski definition) is 4. The van der Waals surface area contributed by atoms with Crippen LogP contribution in [0.5, 0.6) is 0 Å². The summed E-state index contributed by atoms with van der Waals surface area (Å²) >= 11 is 0. The van der Waals surface area contributed by atoms with Gasteiger partial charge in [0.2, 0.25) is 5.91 Å². The van der Waals surface area contributed by atoms with Gasteiger partial charge in [-0.3, -0.25) is 9.59 Å². The van der Waals surface area contributed by atoms with E-state index in [4.69, 9.17) is 0 Å². The highest BCUT2D eigenvalue weighted by Crippen LogP contribution is 2.44. The van der Waals surface area contributed by atoms with Crippen LogP contribution in [0.15, 0.2) is 67.3 Å². The fourth-order valence-electron chi connectivity index (χ4n) is 5.59. The SMILES string of the molecule is CN1c2ccccc2C(=O)N2CCc3c(n(CC(=O)NCCCn4ccnc4)c4ccccc34)[C@@H]21. The molecule has 4 heterocycles. The molecule has 178 valence electrons. The average molecular weight is 469 g/mol. The van der Waals surface area contributed by atoms with Crippen molar-refractivity contribution in [2.75, 3.05) is 25.0 Å². The van der Waals surface area contributed by atoms with Crippen LogP contribution < -0.4 is 10.2 Å². The van der Waals surface area contributed by atoms with Gasteiger partial charge in [0, 0.05) is 50.0 Å². The van der Waals surface area contributed by atoms with Gasteiger partial charge < -0.3 is 24.3 Å². The highest BCUT2D eigenvalue weighted by Gasteiger charge is 2.42. The number of fused-ring (bicyclic) bond motifs is 6. The number of benzene rings is 2. The van der Waals surface area contributed by atoms with Crippen LogP contribution in [-0.2, 0) is 24.3 Å². The van der Waals surface area contributed by atoms with Gasteiger partial charge in [0.15, 0.2) is 0 Å². The molecule has 0 fully saturated rings. The number of imidazole rings is 1. The lowest BCUT2D eigenvalue weighted by Gasteiger charge is -2.46. The molecule has 2 aliphatic heterocycles. The minimum Gasteiger partial charge on any atom is -0.354 e. The van der Waals surface area contributed by atoms with E-state index in [1.54, 1.807) is 12.5 Å². The number of nitrogens with zero attached hydrogens (tertiary/aromatic N) is 5. The predicted octanol–water partition coefficient (Wildman–Crippen LogP) is 3.19. The number of rotatable bonds is 6. The molecule has 1 N–H and O–H groups in total. The molecule has 2 aromatic heterocycles. The van der Waals surface area contributed by atoms with Crippen LogP contribution in [0, 0.1) is 0 Å². The normalized spacial score (nSPS) is 16.7. The molecular formula is C27H28N6O2. The molecule has 8 heteroatoms. The fraction of sp³-hybridized carbons (Fsp3) is 0.296. The Morgan fingerprint density at radius 3 is 2.83 bits per heavy atom. The number of carbonyl (C=O) groups is 2. The predicted molar refractivity (Wildman–Crippen MR) is 134 cm³/mol. The maximum absolute atomic E-state index is 13.4. The molecule has 0 unspecified atom stereocenters. The zero-order valence-corrected chi connectivity index (χ0v) is 19.7. The molecule has 0 saturated heterocycles. The van der Waals surface area contributed by atoms with Gasteiger partial charge in [-0.2, -0.15) is 0 Å². The smallest absolute Gasteiger partial charge is 0.257 e. The van der Waals surface area contributed by atoms with Crippen LogP contribution in [0.2, 0.25) is 0 Å². The summed E-state index contributed by atoms with van der Waals surface area (Å²) in [6.45, 7) is 2.28. The molecule has 6 rings (SSSR count). The van der Waals surface area contributed by atoms with Gasteiger partial charge in [0.05, 0.1) is 23.3 Å². The van der Waals surface area contributed by atoms with Gasteiger partial charge in [-0.1, -0.05) is 30.3 Å². The van der Waals surface area contributed by atoms with Crippen LogP contribution in [0.25, 0.3) is 10.9 Å². The number of para-hydroxylation sites is 2. The van der Waals surface area contributed by atoms with E-state index in [-0.39, 0.29) is 24.5 Å². The van der Waals surface area contributed by atoms with E-state index in [2.05, 4.69) is 31.9 Å². The molecule has 4 aromatic rings. The van der Waals surface area contributed by atoms with Crippen LogP contribution in [0.3, 0.4) is 0 Å². The molecule has 0 aliphatic carbocycles. The van der Waals surface area contributed by atoms with Crippen molar-refractivity contribution in [3.05, 3.63) is 84.1 Å². The lowest BCUT2D eigenvalue weighted by molar-refractivity contribution is -0.121. The van der Waals surface area contributed by atoms with E-state index in [1.807, 2.05) is 59.1 Å². The molecule has 0 saturated carbocycles. The standard InChI is InChI=1S/C27H28N6O2/c1-30-22-9-4-3-8-21(22)27(35)32-15-11-20-19-7-2-5-10-23(19)33(25(20)26(30)32)17-24(34)29-12-6-14-31-16-13-28-18-31/h2-5,7-10,13,16,18,26H,6,11-12,14-15,17H2,1H3,(H,29,34)/t26-/m1/s1. The van der Waals surface area contributed by atoms with Crippen molar-refractivity contribution in [2.45, 2.75) is 32.1 Å². The first-order valence-corrected chi connectivity index (χ1v) is 12.1. The summed E-state index contributed by atoms with van der Waals surface area (Å²) in [5, 5.41) is 4.24. The molecule has 2 aliphatic rings. The first-order chi connectivity index (χ1) is 17.1. The van der Waals surface area contributed by atoms with Crippen LogP contribution in [-0.4, -0.2) is 51.0 Å². The van der Waals surface area contributed by atoms with Crippen molar-refractivity contribution in [3.63, 3.8) is 0 Å². The average Bonchev–Trinajstić information content (AvgIpc) is 3.52. The molecule has 2 amide bonds. The van der Waals surface area contributed by atoms with Gasteiger partial charge in [0.25, 0.3) is 5.91 Å². The second-order valence-electron chi connectivity index (χ2n) is 9.22. The summed E-state index contributed by atoms with van der Waals surface area (Å²) < 4.78 is 4.12. The van der Waals surface area contributed by atoms with Crippen LogP contribution >= 0.6 is 0 Å². The third kappa shape index (κ3) is 3.56. The summed E-state index contributed by atoms with van der Waals surface area (Å²) in [7, 11) is 2.04. The quantitative estimate of drug-likeness (QED) is 0.441. The number of aromatic nitrogens is 3. The Hall–Kier alpha value is -4.07. The monoisotopic (exact) mass is 468 g/mol. The molecule has 0 spiro atoms. The topological polar surface area (TPSA) is 75.4 Å². The molecule has 0 bridgehead atoms. The third-order valence-electron chi connectivity index (χ3n) is 7.18. The van der Waals surface area contributed by atoms with Crippen LogP contribution in [0.4, 0.5) is 5.69 Å². The van der Waals surface area contributed by atoms with Crippen molar-refractivity contribution in [1.82, 2.24) is 24.3 Å². The van der Waals surface area contributed by atoms with E-state index < -0.39 is 0 Å². The van der Waals surface area contributed by atoms with Crippen LogP contribution in [0.1, 0.15) is 34.2 Å². The minimum atomic E-state index is -0.248. The Kier molecular flexibility index (Phi) is 5.28. The molecule has 2 aromatic carbocycles. The van der Waals surface area contributed by atoms with Gasteiger partial charge in [-0.05, 0) is 36.6 Å². The Labute approximate surface area is 203 Å². The Balaban J connectivity index is 1.32. The first kappa shape index (κ1) is 21.5. The lowest BCUT2D eigenvalue weighted by Crippen LogP contribution is -2.51. The number of nitrogens with one attached hydrogen (secondary N) is 1. The Morgan fingerprint density at radius 2 is 1.97 bits per heavy atom. The zero-order valence-electron chi connectivity index (χ0n) is 19.7. The molecule has 1 atom stereocenters. The third-order valence-corrected chi connectivity index (χ3v) is 7.18. The largest absolute Gasteiger partial charge is 0.354 e. The number of amides is 2. The Bertz CT molecular complexity index is 1410. The number of aryl methyl sites for hydroxylation is 1. The van der Waals surface area contributed by atoms with Crippen molar-refractivity contribution >= 4 is 28.4 Å². The summed E-state index contributed by atoms with van der Waals surface area (Å²) in [6, 6.07) is 16.0. The maximum atomic E-state index is 13.4. The minimum absolute atomic E-state index is 0.0264. The number of hydrogen-bond donors (Lipinski definition) is 1. The van der Waals surface area contributed by atoms with Gasteiger partial charge in [-0.15, -0.1) is 0 Å². The highest BCUT2D eigenvalue weighted by atomic mass is 16.2. The summed E-state index contributed by atoms with van der Waals surface area (Å²) in [5.74, 6) is 0.0246. The second-order valence-corrected chi connectivity index (χ2v) is 9.22. The zero-order chi connectivity index (χ0) is 23.9. The summed E-state index contributed by atoms with van der Waals surface area (Å²) in [4.78, 5) is 34.7. The molecule has 0 radical (unpaired) electrons.